The van der Waals surface area contributed by atoms with Crippen molar-refractivity contribution in [3.05, 3.63) is 24.2 Å². The number of carbonyl (C=O) groups excluding carboxylic acids is 2. The fourth-order valence-electron chi connectivity index (χ4n) is 2.83. The largest absolute Gasteiger partial charge is 0.472 e. The molecule has 5 nitrogen and oxygen atoms in total. The maximum absolute atomic E-state index is 12.1. The van der Waals surface area contributed by atoms with Crippen molar-refractivity contribution in [1.82, 2.24) is 10.2 Å². The van der Waals surface area contributed by atoms with Gasteiger partial charge in [0.25, 0.3) is 5.91 Å². The van der Waals surface area contributed by atoms with Crippen molar-refractivity contribution in [3.63, 3.8) is 0 Å². The van der Waals surface area contributed by atoms with Gasteiger partial charge in [0, 0.05) is 13.1 Å². The van der Waals surface area contributed by atoms with Gasteiger partial charge in [-0.05, 0) is 24.8 Å². The van der Waals surface area contributed by atoms with E-state index >= 15 is 0 Å². The van der Waals surface area contributed by atoms with Crippen LogP contribution in [-0.2, 0) is 4.79 Å². The molecule has 2 atom stereocenters. The number of hydrogen-bond acceptors (Lipinski definition) is 3. The maximum Gasteiger partial charge on any atom is 0.254 e. The van der Waals surface area contributed by atoms with Crippen molar-refractivity contribution >= 4 is 11.8 Å². The summed E-state index contributed by atoms with van der Waals surface area (Å²) in [5.41, 5.74) is 0.437. The monoisotopic (exact) mass is 278 g/mol. The standard InChI is InChI=1S/C15H22N2O3/c1-11-5-3-4-6-13(11)17(2)14(18)9-16-15(19)12-7-8-20-10-12/h7-8,10-11,13H,3-6,9H2,1-2H3,(H,16,19). The van der Waals surface area contributed by atoms with Gasteiger partial charge in [-0.15, -0.1) is 0 Å². The van der Waals surface area contributed by atoms with Crippen LogP contribution in [-0.4, -0.2) is 36.3 Å². The number of amides is 2. The van der Waals surface area contributed by atoms with E-state index in [4.69, 9.17) is 4.42 Å². The van der Waals surface area contributed by atoms with E-state index < -0.39 is 0 Å². The summed E-state index contributed by atoms with van der Waals surface area (Å²) in [5, 5.41) is 2.63. The van der Waals surface area contributed by atoms with Gasteiger partial charge in [-0.2, -0.15) is 0 Å². The molecule has 1 saturated carbocycles. The fourth-order valence-corrected chi connectivity index (χ4v) is 2.83. The Bertz CT molecular complexity index is 456. The molecule has 20 heavy (non-hydrogen) atoms. The van der Waals surface area contributed by atoms with Crippen LogP contribution < -0.4 is 5.32 Å². The number of hydrogen-bond donors (Lipinski definition) is 1. The van der Waals surface area contributed by atoms with Gasteiger partial charge in [-0.1, -0.05) is 19.8 Å². The lowest BCUT2D eigenvalue weighted by Gasteiger charge is -2.36. The minimum absolute atomic E-state index is 0.0315. The fraction of sp³-hybridized carbons (Fsp3) is 0.600. The minimum atomic E-state index is -0.280. The molecular weight excluding hydrogens is 256 g/mol. The molecule has 1 heterocycles. The van der Waals surface area contributed by atoms with Gasteiger partial charge in [0.15, 0.2) is 0 Å². The molecule has 0 saturated heterocycles. The number of furan rings is 1. The van der Waals surface area contributed by atoms with E-state index in [-0.39, 0.29) is 18.4 Å². The molecule has 0 aromatic carbocycles. The molecule has 1 aromatic rings. The molecule has 5 heteroatoms. The van der Waals surface area contributed by atoms with Crippen LogP contribution in [0.5, 0.6) is 0 Å². The lowest BCUT2D eigenvalue weighted by Crippen LogP contribution is -2.46. The summed E-state index contributed by atoms with van der Waals surface area (Å²) in [4.78, 5) is 25.7. The molecule has 110 valence electrons. The van der Waals surface area contributed by atoms with Crippen molar-refractivity contribution in [2.75, 3.05) is 13.6 Å². The Morgan fingerprint density at radius 3 is 2.80 bits per heavy atom. The SMILES string of the molecule is CC1CCCCC1N(C)C(=O)CNC(=O)c1ccoc1. The number of likely N-dealkylation sites (N-methyl/N-ethyl adjacent to an activating group) is 1. The molecule has 2 unspecified atom stereocenters. The summed E-state index contributed by atoms with van der Waals surface area (Å²) in [5.74, 6) is 0.208. The summed E-state index contributed by atoms with van der Waals surface area (Å²) in [6.07, 6.45) is 7.45. The Kier molecular flexibility index (Phi) is 4.82. The third-order valence-corrected chi connectivity index (χ3v) is 4.14. The summed E-state index contributed by atoms with van der Waals surface area (Å²) in [7, 11) is 1.83. The van der Waals surface area contributed by atoms with E-state index in [9.17, 15) is 9.59 Å². The molecule has 2 amide bonds. The molecule has 2 rings (SSSR count). The highest BCUT2D eigenvalue weighted by atomic mass is 16.3. The lowest BCUT2D eigenvalue weighted by atomic mass is 9.85. The molecule has 1 aromatic heterocycles. The number of rotatable bonds is 4. The normalized spacial score (nSPS) is 22.3. The summed E-state index contributed by atoms with van der Waals surface area (Å²) in [6.45, 7) is 2.22. The van der Waals surface area contributed by atoms with Gasteiger partial charge < -0.3 is 14.6 Å². The zero-order valence-corrected chi connectivity index (χ0v) is 12.1. The van der Waals surface area contributed by atoms with Gasteiger partial charge in [0.05, 0.1) is 18.4 Å². The van der Waals surface area contributed by atoms with E-state index in [0.717, 1.165) is 6.42 Å². The van der Waals surface area contributed by atoms with Crippen LogP contribution in [0.3, 0.4) is 0 Å². The Hall–Kier alpha value is -1.78. The topological polar surface area (TPSA) is 62.6 Å². The van der Waals surface area contributed by atoms with E-state index in [0.29, 0.717) is 17.5 Å². The van der Waals surface area contributed by atoms with Crippen LogP contribution in [0.4, 0.5) is 0 Å². The Balaban J connectivity index is 1.83. The molecule has 1 N–H and O–H groups in total. The zero-order chi connectivity index (χ0) is 14.5. The second-order valence-electron chi connectivity index (χ2n) is 5.53. The quantitative estimate of drug-likeness (QED) is 0.916. The van der Waals surface area contributed by atoms with E-state index in [1.807, 2.05) is 7.05 Å². The first-order valence-corrected chi connectivity index (χ1v) is 7.15. The molecule has 0 radical (unpaired) electrons. The van der Waals surface area contributed by atoms with Gasteiger partial charge >= 0.3 is 0 Å². The van der Waals surface area contributed by atoms with E-state index in [1.54, 1.807) is 11.0 Å². The molecule has 1 aliphatic rings. The zero-order valence-electron chi connectivity index (χ0n) is 12.1. The van der Waals surface area contributed by atoms with Gasteiger partial charge in [-0.3, -0.25) is 9.59 Å². The van der Waals surface area contributed by atoms with Crippen LogP contribution in [0.2, 0.25) is 0 Å². The van der Waals surface area contributed by atoms with Gasteiger partial charge in [0.1, 0.15) is 6.26 Å². The van der Waals surface area contributed by atoms with Crippen molar-refractivity contribution in [2.45, 2.75) is 38.6 Å². The Morgan fingerprint density at radius 1 is 1.40 bits per heavy atom. The van der Waals surface area contributed by atoms with E-state index in [2.05, 4.69) is 12.2 Å². The second-order valence-corrected chi connectivity index (χ2v) is 5.53. The van der Waals surface area contributed by atoms with Crippen LogP contribution >= 0.6 is 0 Å². The van der Waals surface area contributed by atoms with Gasteiger partial charge in [-0.25, -0.2) is 0 Å². The van der Waals surface area contributed by atoms with Crippen molar-refractivity contribution in [2.24, 2.45) is 5.92 Å². The first-order chi connectivity index (χ1) is 9.59. The van der Waals surface area contributed by atoms with E-state index in [1.165, 1.54) is 31.8 Å². The summed E-state index contributed by atoms with van der Waals surface area (Å²) >= 11 is 0. The van der Waals surface area contributed by atoms with Gasteiger partial charge in [0.2, 0.25) is 5.91 Å². The molecule has 0 aliphatic heterocycles. The highest BCUT2D eigenvalue weighted by Gasteiger charge is 2.27. The Labute approximate surface area is 119 Å². The molecular formula is C15H22N2O3. The van der Waals surface area contributed by atoms with Crippen LogP contribution in [0, 0.1) is 5.92 Å². The van der Waals surface area contributed by atoms with Crippen LogP contribution in [0.25, 0.3) is 0 Å². The average Bonchev–Trinajstić information content (AvgIpc) is 2.98. The average molecular weight is 278 g/mol. The molecule has 1 aliphatic carbocycles. The second kappa shape index (κ2) is 6.59. The predicted molar refractivity (Wildman–Crippen MR) is 75.2 cm³/mol. The highest BCUT2D eigenvalue weighted by molar-refractivity contribution is 5.96. The number of nitrogens with one attached hydrogen (secondary N) is 1. The Morgan fingerprint density at radius 2 is 2.15 bits per heavy atom. The molecule has 0 spiro atoms. The number of nitrogens with zero attached hydrogens (tertiary/aromatic N) is 1. The summed E-state index contributed by atoms with van der Waals surface area (Å²) < 4.78 is 4.84. The third-order valence-electron chi connectivity index (χ3n) is 4.14. The number of carbonyl (C=O) groups is 2. The van der Waals surface area contributed by atoms with Crippen LogP contribution in [0.1, 0.15) is 43.0 Å². The smallest absolute Gasteiger partial charge is 0.254 e. The first kappa shape index (κ1) is 14.6. The summed E-state index contributed by atoms with van der Waals surface area (Å²) in [6, 6.07) is 1.87. The third kappa shape index (κ3) is 3.40. The van der Waals surface area contributed by atoms with Crippen molar-refractivity contribution in [3.8, 4) is 0 Å². The van der Waals surface area contributed by atoms with Crippen molar-refractivity contribution in [1.29, 1.82) is 0 Å². The lowest BCUT2D eigenvalue weighted by molar-refractivity contribution is -0.132. The molecule has 0 bridgehead atoms. The van der Waals surface area contributed by atoms with Crippen LogP contribution in [0.15, 0.2) is 23.0 Å². The molecule has 1 fully saturated rings. The minimum Gasteiger partial charge on any atom is -0.472 e. The maximum atomic E-state index is 12.1. The predicted octanol–water partition coefficient (Wildman–Crippen LogP) is 2.05. The first-order valence-electron chi connectivity index (χ1n) is 7.15. The highest BCUT2D eigenvalue weighted by Crippen LogP contribution is 2.27. The van der Waals surface area contributed by atoms with Crippen molar-refractivity contribution < 1.29 is 14.0 Å².